The summed E-state index contributed by atoms with van der Waals surface area (Å²) in [5.41, 5.74) is 1.66. The predicted molar refractivity (Wildman–Crippen MR) is 149 cm³/mol. The summed E-state index contributed by atoms with van der Waals surface area (Å²) in [6, 6.07) is 33.2. The molecule has 0 N–H and O–H groups in total. The van der Waals surface area contributed by atoms with E-state index < -0.39 is 0 Å². The van der Waals surface area contributed by atoms with Crippen LogP contribution in [0.25, 0.3) is 0 Å². The van der Waals surface area contributed by atoms with Gasteiger partial charge >= 0.3 is 0 Å². The molecule has 7 heteroatoms. The Hall–Kier alpha value is -4.00. The van der Waals surface area contributed by atoms with Gasteiger partial charge in [-0.15, -0.1) is 0 Å². The van der Waals surface area contributed by atoms with Crippen molar-refractivity contribution in [1.29, 1.82) is 0 Å². The number of amides is 2. The van der Waals surface area contributed by atoms with Gasteiger partial charge in [0.15, 0.2) is 0 Å². The molecule has 37 heavy (non-hydrogen) atoms. The van der Waals surface area contributed by atoms with E-state index in [1.54, 1.807) is 36.4 Å². The van der Waals surface area contributed by atoms with Gasteiger partial charge in [-0.25, -0.2) is 4.90 Å². The van der Waals surface area contributed by atoms with Crippen LogP contribution < -0.4 is 14.5 Å². The van der Waals surface area contributed by atoms with E-state index in [1.807, 2.05) is 84.6 Å². The van der Waals surface area contributed by atoms with Crippen LogP contribution in [0.15, 0.2) is 125 Å². The number of rotatable bonds is 8. The van der Waals surface area contributed by atoms with Gasteiger partial charge in [-0.05, 0) is 79.7 Å². The molecule has 1 heterocycles. The highest BCUT2D eigenvalue weighted by Crippen LogP contribution is 2.40. The van der Waals surface area contributed by atoms with Gasteiger partial charge in [0.1, 0.15) is 22.1 Å². The van der Waals surface area contributed by atoms with E-state index in [2.05, 4.69) is 0 Å². The molecule has 5 nitrogen and oxygen atoms in total. The van der Waals surface area contributed by atoms with Crippen molar-refractivity contribution in [2.45, 2.75) is 11.8 Å². The van der Waals surface area contributed by atoms with E-state index in [0.29, 0.717) is 39.4 Å². The Kier molecular flexibility index (Phi) is 7.30. The zero-order valence-corrected chi connectivity index (χ0v) is 21.6. The third kappa shape index (κ3) is 5.26. The molecule has 4 aromatic carbocycles. The summed E-state index contributed by atoms with van der Waals surface area (Å²) in [7, 11) is 0. The van der Waals surface area contributed by atoms with Crippen LogP contribution in [0.2, 0.25) is 5.02 Å². The van der Waals surface area contributed by atoms with Crippen molar-refractivity contribution in [2.24, 2.45) is 0 Å². The number of thioether (sulfide) groups is 1. The van der Waals surface area contributed by atoms with Gasteiger partial charge in [-0.1, -0.05) is 59.8 Å². The summed E-state index contributed by atoms with van der Waals surface area (Å²) in [4.78, 5) is 31.9. The molecule has 0 aliphatic carbocycles. The Labute approximate surface area is 224 Å². The molecular formula is C30H23ClN2O3S. The first-order valence-electron chi connectivity index (χ1n) is 11.8. The van der Waals surface area contributed by atoms with Crippen molar-refractivity contribution in [3.8, 4) is 11.5 Å². The highest BCUT2D eigenvalue weighted by molar-refractivity contribution is 8.04. The highest BCUT2D eigenvalue weighted by Gasteiger charge is 2.42. The third-order valence-corrected chi connectivity index (χ3v) is 7.11. The van der Waals surface area contributed by atoms with Gasteiger partial charge in [-0.2, -0.15) is 0 Å². The highest BCUT2D eigenvalue weighted by atomic mass is 35.5. The van der Waals surface area contributed by atoms with Gasteiger partial charge in [-0.3, -0.25) is 9.59 Å². The van der Waals surface area contributed by atoms with Gasteiger partial charge in [0.05, 0.1) is 5.69 Å². The fourth-order valence-corrected chi connectivity index (χ4v) is 5.16. The largest absolute Gasteiger partial charge is 0.457 e. The van der Waals surface area contributed by atoms with Crippen LogP contribution in [0.1, 0.15) is 6.92 Å². The van der Waals surface area contributed by atoms with Crippen molar-refractivity contribution < 1.29 is 14.3 Å². The standard InChI is InChI=1S/C30H23ClN2O3S/c1-2-32(22-9-5-3-6-10-22)27-28(37-26-19-13-21(31)14-20-26)30(35)33(29(27)34)23-15-17-25(18-16-23)36-24-11-7-4-8-12-24/h3-20H,2H2,1H3. The van der Waals surface area contributed by atoms with Gasteiger partial charge in [0.25, 0.3) is 11.8 Å². The number of likely N-dealkylation sites (N-methyl/N-ethyl adjacent to an activating group) is 1. The zero-order valence-electron chi connectivity index (χ0n) is 20.0. The van der Waals surface area contributed by atoms with Crippen molar-refractivity contribution in [3.05, 3.63) is 125 Å². The van der Waals surface area contributed by atoms with Crippen LogP contribution in [0.5, 0.6) is 11.5 Å². The molecule has 0 radical (unpaired) electrons. The van der Waals surface area contributed by atoms with Crippen LogP contribution in [0, 0.1) is 0 Å². The molecule has 5 rings (SSSR count). The average Bonchev–Trinajstić information content (AvgIpc) is 3.16. The Balaban J connectivity index is 1.50. The minimum atomic E-state index is -0.371. The quantitative estimate of drug-likeness (QED) is 0.222. The minimum Gasteiger partial charge on any atom is -0.457 e. The van der Waals surface area contributed by atoms with E-state index in [0.717, 1.165) is 10.6 Å². The predicted octanol–water partition coefficient (Wildman–Crippen LogP) is 7.54. The molecule has 0 spiro atoms. The molecule has 1 aliphatic rings. The Morgan fingerprint density at radius 3 is 1.97 bits per heavy atom. The average molecular weight is 527 g/mol. The second kappa shape index (κ2) is 10.9. The van der Waals surface area contributed by atoms with Crippen molar-refractivity contribution >= 4 is 46.6 Å². The van der Waals surface area contributed by atoms with Crippen molar-refractivity contribution in [3.63, 3.8) is 0 Å². The number of ether oxygens (including phenoxy) is 1. The number of hydrogen-bond donors (Lipinski definition) is 0. The molecule has 2 amide bonds. The number of benzene rings is 4. The topological polar surface area (TPSA) is 49.9 Å². The number of nitrogens with zero attached hydrogens (tertiary/aromatic N) is 2. The number of halogens is 1. The SMILES string of the molecule is CCN(C1=C(Sc2ccc(Cl)cc2)C(=O)N(c2ccc(Oc3ccccc3)cc2)C1=O)c1ccccc1. The molecular weight excluding hydrogens is 504 g/mol. The lowest BCUT2D eigenvalue weighted by Gasteiger charge is -2.24. The second-order valence-electron chi connectivity index (χ2n) is 8.17. The number of carbonyl (C=O) groups is 2. The fourth-order valence-electron chi connectivity index (χ4n) is 4.05. The minimum absolute atomic E-state index is 0.350. The summed E-state index contributed by atoms with van der Waals surface area (Å²) >= 11 is 7.32. The summed E-state index contributed by atoms with van der Waals surface area (Å²) in [6.45, 7) is 2.47. The zero-order chi connectivity index (χ0) is 25.8. The van der Waals surface area contributed by atoms with Gasteiger partial charge in [0, 0.05) is 22.2 Å². The number of carbonyl (C=O) groups excluding carboxylic acids is 2. The normalized spacial score (nSPS) is 13.3. The lowest BCUT2D eigenvalue weighted by molar-refractivity contribution is -0.120. The maximum absolute atomic E-state index is 13.9. The van der Waals surface area contributed by atoms with E-state index in [9.17, 15) is 9.59 Å². The number of para-hydroxylation sites is 2. The summed E-state index contributed by atoms with van der Waals surface area (Å²) < 4.78 is 5.87. The summed E-state index contributed by atoms with van der Waals surface area (Å²) in [5, 5.41) is 0.603. The van der Waals surface area contributed by atoms with Crippen LogP contribution >= 0.6 is 23.4 Å². The molecule has 184 valence electrons. The maximum Gasteiger partial charge on any atom is 0.283 e. The Morgan fingerprint density at radius 1 is 0.757 bits per heavy atom. The van der Waals surface area contributed by atoms with Crippen LogP contribution in [0.3, 0.4) is 0 Å². The van der Waals surface area contributed by atoms with Crippen molar-refractivity contribution in [2.75, 3.05) is 16.3 Å². The van der Waals surface area contributed by atoms with E-state index in [4.69, 9.17) is 16.3 Å². The first-order valence-corrected chi connectivity index (χ1v) is 13.0. The molecule has 1 aliphatic heterocycles. The van der Waals surface area contributed by atoms with E-state index >= 15 is 0 Å². The maximum atomic E-state index is 13.9. The summed E-state index contributed by atoms with van der Waals surface area (Å²) in [5.74, 6) is 0.572. The monoisotopic (exact) mass is 526 g/mol. The van der Waals surface area contributed by atoms with E-state index in [-0.39, 0.29) is 11.8 Å². The molecule has 0 fully saturated rings. The molecule has 0 saturated heterocycles. The lowest BCUT2D eigenvalue weighted by atomic mass is 10.2. The molecule has 0 bridgehead atoms. The van der Waals surface area contributed by atoms with Crippen LogP contribution in [-0.4, -0.2) is 18.4 Å². The lowest BCUT2D eigenvalue weighted by Crippen LogP contribution is -2.35. The fraction of sp³-hybridized carbons (Fsp3) is 0.0667. The smallest absolute Gasteiger partial charge is 0.283 e. The molecule has 0 saturated carbocycles. The first-order chi connectivity index (χ1) is 18.0. The Morgan fingerprint density at radius 2 is 1.35 bits per heavy atom. The molecule has 0 aromatic heterocycles. The second-order valence-corrected chi connectivity index (χ2v) is 9.69. The van der Waals surface area contributed by atoms with Gasteiger partial charge in [0.2, 0.25) is 0 Å². The summed E-state index contributed by atoms with van der Waals surface area (Å²) in [6.07, 6.45) is 0. The number of imide groups is 1. The number of hydrogen-bond acceptors (Lipinski definition) is 5. The van der Waals surface area contributed by atoms with Crippen molar-refractivity contribution in [1.82, 2.24) is 0 Å². The van der Waals surface area contributed by atoms with E-state index in [1.165, 1.54) is 16.7 Å². The van der Waals surface area contributed by atoms with Crippen LogP contribution in [0.4, 0.5) is 11.4 Å². The first kappa shape index (κ1) is 24.7. The molecule has 0 unspecified atom stereocenters. The van der Waals surface area contributed by atoms with Gasteiger partial charge < -0.3 is 9.64 Å². The van der Waals surface area contributed by atoms with Crippen LogP contribution in [-0.2, 0) is 9.59 Å². The third-order valence-electron chi connectivity index (χ3n) is 5.78. The Bertz CT molecular complexity index is 1440. The number of anilines is 2. The molecule has 4 aromatic rings. The molecule has 0 atom stereocenters.